The van der Waals surface area contributed by atoms with Crippen LogP contribution in [0.15, 0.2) is 71.6 Å². The highest BCUT2D eigenvalue weighted by Gasteiger charge is 2.33. The highest BCUT2D eigenvalue weighted by atomic mass is 32.2. The largest absolute Gasteiger partial charge is 0.484 e. The van der Waals surface area contributed by atoms with Crippen molar-refractivity contribution >= 4 is 63.3 Å². The molecule has 6 nitrogen and oxygen atoms in total. The van der Waals surface area contributed by atoms with Gasteiger partial charge in [0.1, 0.15) is 5.75 Å². The number of carbonyl (C=O) groups is 2. The lowest BCUT2D eigenvalue weighted by atomic mass is 10.1. The first kappa shape index (κ1) is 25.5. The summed E-state index contributed by atoms with van der Waals surface area (Å²) in [4.78, 5) is 29.6. The van der Waals surface area contributed by atoms with E-state index in [9.17, 15) is 9.59 Å². The first-order chi connectivity index (χ1) is 17.2. The van der Waals surface area contributed by atoms with E-state index in [-0.39, 0.29) is 18.4 Å². The van der Waals surface area contributed by atoms with Gasteiger partial charge >= 0.3 is 0 Å². The van der Waals surface area contributed by atoms with Crippen molar-refractivity contribution in [3.8, 4) is 5.75 Å². The Morgan fingerprint density at radius 2 is 1.83 bits per heavy atom. The van der Waals surface area contributed by atoms with Gasteiger partial charge in [-0.25, -0.2) is 0 Å². The molecule has 0 radical (unpaired) electrons. The summed E-state index contributed by atoms with van der Waals surface area (Å²) in [5.74, 6) is 0.129. The van der Waals surface area contributed by atoms with Gasteiger partial charge in [0, 0.05) is 25.5 Å². The Labute approximate surface area is 220 Å². The van der Waals surface area contributed by atoms with Gasteiger partial charge in [-0.1, -0.05) is 53.8 Å². The number of hydrogen-bond donors (Lipinski definition) is 1. The summed E-state index contributed by atoms with van der Waals surface area (Å²) in [6.07, 6.45) is 1.79. The quantitative estimate of drug-likeness (QED) is 0.316. The molecule has 1 aliphatic rings. The lowest BCUT2D eigenvalue weighted by Gasteiger charge is -2.17. The molecule has 1 N–H and O–H groups in total. The second-order valence-corrected chi connectivity index (χ2v) is 10.3. The highest BCUT2D eigenvalue weighted by Crippen LogP contribution is 2.36. The third-order valence-corrected chi connectivity index (χ3v) is 6.90. The van der Waals surface area contributed by atoms with Crippen LogP contribution < -0.4 is 19.9 Å². The summed E-state index contributed by atoms with van der Waals surface area (Å²) in [5.41, 5.74) is 5.46. The van der Waals surface area contributed by atoms with Crippen LogP contribution in [0.25, 0.3) is 6.08 Å². The van der Waals surface area contributed by atoms with Crippen LogP contribution in [0.1, 0.15) is 16.7 Å². The Bertz CT molecular complexity index is 1350. The molecule has 1 heterocycles. The second kappa shape index (κ2) is 11.0. The zero-order valence-electron chi connectivity index (χ0n) is 20.6. The molecule has 0 aromatic heterocycles. The number of anilines is 3. The maximum atomic E-state index is 13.1. The number of rotatable bonds is 7. The van der Waals surface area contributed by atoms with Crippen molar-refractivity contribution in [3.63, 3.8) is 0 Å². The van der Waals surface area contributed by atoms with Crippen LogP contribution in [0.5, 0.6) is 5.75 Å². The summed E-state index contributed by atoms with van der Waals surface area (Å²) in [6, 6.07) is 20.8. The van der Waals surface area contributed by atoms with E-state index in [0.29, 0.717) is 15.0 Å². The number of ether oxygens (including phenoxy) is 1. The molecule has 2 amide bonds. The Morgan fingerprint density at radius 3 is 2.53 bits per heavy atom. The van der Waals surface area contributed by atoms with Crippen LogP contribution in [0, 0.1) is 13.8 Å². The summed E-state index contributed by atoms with van der Waals surface area (Å²) in [7, 11) is 3.93. The first-order valence-corrected chi connectivity index (χ1v) is 12.6. The van der Waals surface area contributed by atoms with Crippen LogP contribution in [-0.4, -0.2) is 36.8 Å². The average Bonchev–Trinajstić information content (AvgIpc) is 3.12. The Hall–Kier alpha value is -3.62. The van der Waals surface area contributed by atoms with E-state index >= 15 is 0 Å². The van der Waals surface area contributed by atoms with E-state index in [1.54, 1.807) is 23.1 Å². The van der Waals surface area contributed by atoms with Crippen LogP contribution in [0.2, 0.25) is 0 Å². The van der Waals surface area contributed by atoms with Crippen molar-refractivity contribution in [3.05, 3.63) is 88.3 Å². The van der Waals surface area contributed by atoms with Crippen molar-refractivity contribution in [1.82, 2.24) is 0 Å². The molecule has 1 fully saturated rings. The molecule has 0 spiro atoms. The normalized spacial score (nSPS) is 14.3. The zero-order chi connectivity index (χ0) is 25.8. The van der Waals surface area contributed by atoms with Crippen LogP contribution in [-0.2, 0) is 9.59 Å². The molecular weight excluding hydrogens is 490 g/mol. The second-order valence-electron chi connectivity index (χ2n) is 8.66. The number of thioether (sulfide) groups is 1. The molecule has 0 unspecified atom stereocenters. The van der Waals surface area contributed by atoms with Crippen LogP contribution >= 0.6 is 24.0 Å². The number of thiocarbonyl (C=S) groups is 1. The van der Waals surface area contributed by atoms with E-state index in [2.05, 4.69) is 5.32 Å². The predicted octanol–water partition coefficient (Wildman–Crippen LogP) is 5.79. The third-order valence-electron chi connectivity index (χ3n) is 5.60. The fraction of sp³-hybridized carbons (Fsp3) is 0.179. The molecule has 184 valence electrons. The summed E-state index contributed by atoms with van der Waals surface area (Å²) in [6.45, 7) is 3.84. The molecule has 3 aromatic carbocycles. The molecule has 3 aromatic rings. The van der Waals surface area contributed by atoms with Crippen molar-refractivity contribution in [2.75, 3.05) is 35.8 Å². The van der Waals surface area contributed by atoms with Crippen molar-refractivity contribution in [2.24, 2.45) is 0 Å². The molecule has 36 heavy (non-hydrogen) atoms. The van der Waals surface area contributed by atoms with E-state index in [1.807, 2.05) is 87.4 Å². The molecule has 0 bridgehead atoms. The summed E-state index contributed by atoms with van der Waals surface area (Å²) >= 11 is 6.75. The number of benzene rings is 3. The van der Waals surface area contributed by atoms with Gasteiger partial charge < -0.3 is 15.0 Å². The van der Waals surface area contributed by atoms with Gasteiger partial charge in [-0.15, -0.1) is 0 Å². The molecule has 0 aliphatic carbocycles. The van der Waals surface area contributed by atoms with E-state index in [0.717, 1.165) is 33.8 Å². The maximum absolute atomic E-state index is 13.1. The number of nitrogens with zero attached hydrogens (tertiary/aromatic N) is 2. The predicted molar refractivity (Wildman–Crippen MR) is 153 cm³/mol. The first-order valence-electron chi connectivity index (χ1n) is 11.4. The fourth-order valence-corrected chi connectivity index (χ4v) is 5.02. The topological polar surface area (TPSA) is 61.9 Å². The molecule has 1 saturated heterocycles. The van der Waals surface area contributed by atoms with Crippen molar-refractivity contribution in [2.45, 2.75) is 13.8 Å². The molecule has 8 heteroatoms. The van der Waals surface area contributed by atoms with E-state index < -0.39 is 0 Å². The lowest BCUT2D eigenvalue weighted by molar-refractivity contribution is -0.118. The van der Waals surface area contributed by atoms with Crippen molar-refractivity contribution < 1.29 is 14.3 Å². The number of aryl methyl sites for hydroxylation is 2. The van der Waals surface area contributed by atoms with E-state index in [1.165, 1.54) is 11.8 Å². The molecule has 0 atom stereocenters. The molecule has 4 rings (SSSR count). The lowest BCUT2D eigenvalue weighted by Crippen LogP contribution is -2.27. The Kier molecular flexibility index (Phi) is 7.76. The SMILES string of the molecule is Cc1ccc(NC(=O)COc2cccc(/C=C3\SC(=S)N(c4ccc(N(C)C)cc4)C3=O)c2)c(C)c1. The fourth-order valence-electron chi connectivity index (χ4n) is 3.72. The Morgan fingerprint density at radius 1 is 1.08 bits per heavy atom. The standard InChI is InChI=1S/C28H27N3O3S2/c1-18-8-13-24(19(2)14-18)29-26(32)17-34-23-7-5-6-20(15-23)16-25-27(33)31(28(35)36-25)22-11-9-21(10-12-22)30(3)4/h5-16H,17H2,1-4H3,(H,29,32)/b25-16-. The van der Waals surface area contributed by atoms with Gasteiger partial charge in [0.25, 0.3) is 11.8 Å². The highest BCUT2D eigenvalue weighted by molar-refractivity contribution is 8.27. The average molecular weight is 518 g/mol. The van der Waals surface area contributed by atoms with Gasteiger partial charge in [0.05, 0.1) is 10.6 Å². The monoisotopic (exact) mass is 517 g/mol. The van der Waals surface area contributed by atoms with Gasteiger partial charge in [-0.05, 0) is 73.5 Å². The van der Waals surface area contributed by atoms with Crippen molar-refractivity contribution in [1.29, 1.82) is 0 Å². The van der Waals surface area contributed by atoms with Crippen LogP contribution in [0.4, 0.5) is 17.1 Å². The molecular formula is C28H27N3O3S2. The van der Waals surface area contributed by atoms with Gasteiger partial charge in [0.2, 0.25) is 0 Å². The number of carbonyl (C=O) groups excluding carboxylic acids is 2. The number of amides is 2. The number of hydrogen-bond acceptors (Lipinski definition) is 6. The third kappa shape index (κ3) is 5.95. The smallest absolute Gasteiger partial charge is 0.270 e. The minimum Gasteiger partial charge on any atom is -0.484 e. The minimum atomic E-state index is -0.242. The minimum absolute atomic E-state index is 0.123. The van der Waals surface area contributed by atoms with Gasteiger partial charge in [-0.2, -0.15) is 0 Å². The summed E-state index contributed by atoms with van der Waals surface area (Å²) in [5, 5.41) is 2.88. The maximum Gasteiger partial charge on any atom is 0.270 e. The van der Waals surface area contributed by atoms with E-state index in [4.69, 9.17) is 17.0 Å². The Balaban J connectivity index is 1.42. The molecule has 0 saturated carbocycles. The van der Waals surface area contributed by atoms with Gasteiger partial charge in [0.15, 0.2) is 10.9 Å². The van der Waals surface area contributed by atoms with Crippen LogP contribution in [0.3, 0.4) is 0 Å². The molecule has 1 aliphatic heterocycles. The number of nitrogens with one attached hydrogen (secondary N) is 1. The summed E-state index contributed by atoms with van der Waals surface area (Å²) < 4.78 is 6.19. The van der Waals surface area contributed by atoms with Gasteiger partial charge in [-0.3, -0.25) is 14.5 Å². The zero-order valence-corrected chi connectivity index (χ0v) is 22.2.